The Kier molecular flexibility index (Phi) is 9.66. The topological polar surface area (TPSA) is 53.0 Å². The molecule has 1 aromatic carbocycles. The van der Waals surface area contributed by atoms with Gasteiger partial charge in [-0.05, 0) is 25.5 Å². The van der Waals surface area contributed by atoms with Crippen molar-refractivity contribution >= 4 is 35.8 Å². The molecule has 0 saturated carbocycles. The van der Waals surface area contributed by atoms with E-state index in [-0.39, 0.29) is 24.0 Å². The molecule has 2 aromatic rings. The molecule has 0 aliphatic carbocycles. The summed E-state index contributed by atoms with van der Waals surface area (Å²) in [6.07, 6.45) is 1.85. The third-order valence-corrected chi connectivity index (χ3v) is 4.81. The van der Waals surface area contributed by atoms with E-state index in [4.69, 9.17) is 9.73 Å². The zero-order chi connectivity index (χ0) is 19.8. The number of aryl methyl sites for hydroxylation is 1. The molecule has 0 spiro atoms. The van der Waals surface area contributed by atoms with Crippen LogP contribution >= 0.6 is 24.0 Å². The van der Waals surface area contributed by atoms with Crippen molar-refractivity contribution in [2.24, 2.45) is 4.99 Å². The van der Waals surface area contributed by atoms with Gasteiger partial charge in [0.05, 0.1) is 19.8 Å². The van der Waals surface area contributed by atoms with E-state index in [2.05, 4.69) is 71.3 Å². The third kappa shape index (κ3) is 6.85. The summed E-state index contributed by atoms with van der Waals surface area (Å²) < 4.78 is 5.47. The molecule has 6 nitrogen and oxygen atoms in total. The third-order valence-electron chi connectivity index (χ3n) is 4.81. The molecule has 0 bridgehead atoms. The summed E-state index contributed by atoms with van der Waals surface area (Å²) in [4.78, 5) is 14.0. The Bertz CT molecular complexity index is 775. The smallest absolute Gasteiger partial charge is 0.194 e. The van der Waals surface area contributed by atoms with Crippen LogP contribution in [-0.2, 0) is 17.8 Å². The fourth-order valence-corrected chi connectivity index (χ4v) is 3.29. The Morgan fingerprint density at radius 2 is 1.93 bits per heavy atom. The minimum atomic E-state index is 0. The van der Waals surface area contributed by atoms with E-state index >= 15 is 0 Å². The first-order valence-corrected chi connectivity index (χ1v) is 9.99. The summed E-state index contributed by atoms with van der Waals surface area (Å²) >= 11 is 0. The number of benzene rings is 1. The quantitative estimate of drug-likeness (QED) is 0.368. The number of ether oxygens (including phenoxy) is 1. The maximum absolute atomic E-state index is 5.47. The van der Waals surface area contributed by atoms with E-state index in [1.807, 2.05) is 12.3 Å². The molecule has 0 radical (unpaired) electrons. The number of rotatable bonds is 6. The molecule has 2 heterocycles. The number of aliphatic imine (C=N–C) groups is 1. The van der Waals surface area contributed by atoms with Crippen LogP contribution in [0.15, 0.2) is 47.6 Å². The van der Waals surface area contributed by atoms with Crippen LogP contribution < -0.4 is 10.2 Å². The van der Waals surface area contributed by atoms with Crippen LogP contribution in [0.1, 0.15) is 23.6 Å². The minimum Gasteiger partial charge on any atom is -0.378 e. The van der Waals surface area contributed by atoms with Gasteiger partial charge < -0.3 is 19.9 Å². The maximum atomic E-state index is 5.47. The van der Waals surface area contributed by atoms with Crippen molar-refractivity contribution in [3.05, 3.63) is 59.3 Å². The van der Waals surface area contributed by atoms with Crippen LogP contribution in [0, 0.1) is 6.92 Å². The van der Waals surface area contributed by atoms with Gasteiger partial charge in [0.1, 0.15) is 5.82 Å². The monoisotopic (exact) mass is 509 g/mol. The van der Waals surface area contributed by atoms with Gasteiger partial charge in [-0.15, -0.1) is 24.0 Å². The number of anilines is 1. The summed E-state index contributed by atoms with van der Waals surface area (Å²) in [6.45, 7) is 9.71. The van der Waals surface area contributed by atoms with Crippen LogP contribution in [-0.4, -0.2) is 55.7 Å². The highest BCUT2D eigenvalue weighted by atomic mass is 127. The summed E-state index contributed by atoms with van der Waals surface area (Å²) in [5.74, 6) is 1.92. The molecule has 1 aliphatic rings. The molecule has 3 rings (SSSR count). The molecule has 1 aromatic heterocycles. The normalized spacial score (nSPS) is 14.3. The molecular weight excluding hydrogens is 477 g/mol. The lowest BCUT2D eigenvalue weighted by molar-refractivity contribution is 0.122. The minimum absolute atomic E-state index is 0. The second-order valence-corrected chi connectivity index (χ2v) is 7.10. The average molecular weight is 509 g/mol. The number of morpholine rings is 1. The molecule has 1 aliphatic heterocycles. The molecule has 158 valence electrons. The summed E-state index contributed by atoms with van der Waals surface area (Å²) in [5.41, 5.74) is 3.69. The fourth-order valence-electron chi connectivity index (χ4n) is 3.29. The van der Waals surface area contributed by atoms with Crippen LogP contribution in [0.3, 0.4) is 0 Å². The zero-order valence-corrected chi connectivity index (χ0v) is 19.9. The largest absolute Gasteiger partial charge is 0.378 e. The van der Waals surface area contributed by atoms with E-state index in [1.54, 1.807) is 0 Å². The fraction of sp³-hybridized carbons (Fsp3) is 0.455. The Labute approximate surface area is 191 Å². The molecule has 29 heavy (non-hydrogen) atoms. The van der Waals surface area contributed by atoms with Crippen LogP contribution in [0.5, 0.6) is 0 Å². The van der Waals surface area contributed by atoms with Crippen molar-refractivity contribution in [1.29, 1.82) is 0 Å². The lowest BCUT2D eigenvalue weighted by Gasteiger charge is -2.29. The van der Waals surface area contributed by atoms with Crippen molar-refractivity contribution in [3.63, 3.8) is 0 Å². The number of aromatic nitrogens is 1. The number of halogens is 1. The number of hydrogen-bond acceptors (Lipinski definition) is 4. The standard InChI is InChI=1S/C22H31N5O.HI/c1-4-23-22(26(3)17-19-9-7-18(2)8-10-19)25-16-20-6-5-11-24-21(20)27-12-14-28-15-13-27;/h5-11H,4,12-17H2,1-3H3,(H,23,25);1H. The van der Waals surface area contributed by atoms with Crippen molar-refractivity contribution in [2.75, 3.05) is 44.8 Å². The molecule has 0 amide bonds. The van der Waals surface area contributed by atoms with E-state index in [9.17, 15) is 0 Å². The molecule has 1 saturated heterocycles. The Balaban J connectivity index is 0.00000300. The van der Waals surface area contributed by atoms with Gasteiger partial charge in [0, 0.05) is 45.0 Å². The Morgan fingerprint density at radius 1 is 1.21 bits per heavy atom. The van der Waals surface area contributed by atoms with Gasteiger partial charge in [-0.1, -0.05) is 35.9 Å². The van der Waals surface area contributed by atoms with E-state index in [0.29, 0.717) is 6.54 Å². The van der Waals surface area contributed by atoms with E-state index < -0.39 is 0 Å². The first-order valence-electron chi connectivity index (χ1n) is 9.99. The van der Waals surface area contributed by atoms with Crippen LogP contribution in [0.2, 0.25) is 0 Å². The highest BCUT2D eigenvalue weighted by Gasteiger charge is 2.16. The first kappa shape index (κ1) is 23.4. The van der Waals surface area contributed by atoms with Gasteiger partial charge in [0.15, 0.2) is 5.96 Å². The molecule has 0 unspecified atom stereocenters. The summed E-state index contributed by atoms with van der Waals surface area (Å²) in [6, 6.07) is 12.7. The Hall–Kier alpha value is -1.87. The molecular formula is C22H32IN5O. The van der Waals surface area contributed by atoms with Gasteiger partial charge in [-0.3, -0.25) is 0 Å². The van der Waals surface area contributed by atoms with Crippen LogP contribution in [0.4, 0.5) is 5.82 Å². The second-order valence-electron chi connectivity index (χ2n) is 7.10. The average Bonchev–Trinajstić information content (AvgIpc) is 2.73. The number of guanidine groups is 1. The zero-order valence-electron chi connectivity index (χ0n) is 17.6. The van der Waals surface area contributed by atoms with Crippen molar-refractivity contribution < 1.29 is 4.74 Å². The number of nitrogens with one attached hydrogen (secondary N) is 1. The van der Waals surface area contributed by atoms with Gasteiger partial charge in [0.25, 0.3) is 0 Å². The number of hydrogen-bond donors (Lipinski definition) is 1. The first-order chi connectivity index (χ1) is 13.7. The Morgan fingerprint density at radius 3 is 2.62 bits per heavy atom. The molecule has 0 atom stereocenters. The van der Waals surface area contributed by atoms with Crippen LogP contribution in [0.25, 0.3) is 0 Å². The van der Waals surface area contributed by atoms with Crippen molar-refractivity contribution in [1.82, 2.24) is 15.2 Å². The molecule has 1 fully saturated rings. The lowest BCUT2D eigenvalue weighted by Crippen LogP contribution is -2.39. The lowest BCUT2D eigenvalue weighted by atomic mass is 10.1. The maximum Gasteiger partial charge on any atom is 0.194 e. The van der Waals surface area contributed by atoms with Crippen molar-refractivity contribution in [2.45, 2.75) is 26.9 Å². The number of nitrogens with zero attached hydrogens (tertiary/aromatic N) is 4. The molecule has 1 N–H and O–H groups in total. The summed E-state index contributed by atoms with van der Waals surface area (Å²) in [5, 5.41) is 3.41. The van der Waals surface area contributed by atoms with E-state index in [0.717, 1.165) is 56.7 Å². The van der Waals surface area contributed by atoms with Gasteiger partial charge in [0.2, 0.25) is 0 Å². The predicted octanol–water partition coefficient (Wildman–Crippen LogP) is 3.44. The highest BCUT2D eigenvalue weighted by Crippen LogP contribution is 2.19. The summed E-state index contributed by atoms with van der Waals surface area (Å²) in [7, 11) is 2.08. The molecule has 7 heteroatoms. The highest BCUT2D eigenvalue weighted by molar-refractivity contribution is 14.0. The van der Waals surface area contributed by atoms with Gasteiger partial charge >= 0.3 is 0 Å². The van der Waals surface area contributed by atoms with Crippen molar-refractivity contribution in [3.8, 4) is 0 Å². The van der Waals surface area contributed by atoms with Gasteiger partial charge in [-0.25, -0.2) is 9.98 Å². The predicted molar refractivity (Wildman–Crippen MR) is 130 cm³/mol. The van der Waals surface area contributed by atoms with E-state index in [1.165, 1.54) is 11.1 Å². The van der Waals surface area contributed by atoms with Gasteiger partial charge in [-0.2, -0.15) is 0 Å². The SMILES string of the molecule is CCNC(=NCc1cccnc1N1CCOCC1)N(C)Cc1ccc(C)cc1.I. The second kappa shape index (κ2) is 12.0. The number of pyridine rings is 1.